The van der Waals surface area contributed by atoms with Gasteiger partial charge in [0, 0.05) is 6.42 Å². The largest absolute Gasteiger partial charge is 0.391 e. The highest BCUT2D eigenvalue weighted by molar-refractivity contribution is 5.17. The van der Waals surface area contributed by atoms with Gasteiger partial charge in [0.05, 0.1) is 0 Å². The highest BCUT2D eigenvalue weighted by atomic mass is 17.1. The number of fused-ring (bicyclic) bond motifs is 1. The number of epoxide rings is 2. The van der Waals surface area contributed by atoms with Crippen LogP contribution in [-0.4, -0.2) is 23.3 Å². The van der Waals surface area contributed by atoms with Gasteiger partial charge in [0.25, 0.3) is 5.79 Å². The molecule has 0 radical (unpaired) electrons. The van der Waals surface area contributed by atoms with E-state index in [0.29, 0.717) is 0 Å². The molecule has 24 heavy (non-hydrogen) atoms. The minimum Gasteiger partial charge on any atom is -0.391 e. The summed E-state index contributed by atoms with van der Waals surface area (Å²) in [7, 11) is 0. The first-order chi connectivity index (χ1) is 11.8. The zero-order chi connectivity index (χ0) is 17.1. The Kier molecular flexibility index (Phi) is 9.07. The van der Waals surface area contributed by atoms with Gasteiger partial charge >= 0.3 is 0 Å². The minimum absolute atomic E-state index is 0.0197. The fourth-order valence-corrected chi connectivity index (χ4v) is 3.87. The molecule has 2 aliphatic heterocycles. The molecule has 1 N–H and O–H groups in total. The van der Waals surface area contributed by atoms with E-state index in [9.17, 15) is 0 Å². The Bertz CT molecular complexity index is 323. The van der Waals surface area contributed by atoms with Crippen molar-refractivity contribution in [3.8, 4) is 0 Å². The molecular weight excluding hydrogens is 300 g/mol. The van der Waals surface area contributed by atoms with Crippen LogP contribution in [0.3, 0.4) is 0 Å². The second-order valence-electron chi connectivity index (χ2n) is 7.92. The third-order valence-electron chi connectivity index (χ3n) is 5.72. The number of hydrogen-bond donors (Lipinski definition) is 1. The average molecular weight is 341 g/mol. The number of hydrogen-bond acceptors (Lipinski definition) is 3. The van der Waals surface area contributed by atoms with Crippen LogP contribution < -0.4 is 0 Å². The maximum Gasteiger partial charge on any atom is 0.253 e. The molecule has 3 nitrogen and oxygen atoms in total. The summed E-state index contributed by atoms with van der Waals surface area (Å²) in [6.45, 7) is 2.30. The highest BCUT2D eigenvalue weighted by Gasteiger charge is 2.90. The molecule has 2 fully saturated rings. The molecule has 2 rings (SSSR count). The molecular formula is C21H40O3. The van der Waals surface area contributed by atoms with Gasteiger partial charge in [-0.2, -0.15) is 0 Å². The van der Waals surface area contributed by atoms with Crippen LogP contribution in [0.4, 0.5) is 0 Å². The van der Waals surface area contributed by atoms with Gasteiger partial charge in [0.15, 0.2) is 0 Å². The Hall–Kier alpha value is -0.120. The van der Waals surface area contributed by atoms with Crippen LogP contribution in [0.2, 0.25) is 0 Å². The summed E-state index contributed by atoms with van der Waals surface area (Å²) in [5, 5.41) is 9.06. The molecule has 0 unspecified atom stereocenters. The minimum atomic E-state index is -0.553. The van der Waals surface area contributed by atoms with Crippen LogP contribution in [0.25, 0.3) is 0 Å². The van der Waals surface area contributed by atoms with Crippen molar-refractivity contribution in [1.82, 2.24) is 0 Å². The molecule has 3 heteroatoms. The van der Waals surface area contributed by atoms with Gasteiger partial charge in [-0.15, -0.1) is 0 Å². The van der Waals surface area contributed by atoms with Crippen molar-refractivity contribution in [3.63, 3.8) is 0 Å². The van der Waals surface area contributed by atoms with Crippen LogP contribution in [0.15, 0.2) is 0 Å². The lowest BCUT2D eigenvalue weighted by Crippen LogP contribution is -2.03. The molecule has 142 valence electrons. The molecule has 2 heterocycles. The van der Waals surface area contributed by atoms with Crippen molar-refractivity contribution in [2.75, 3.05) is 6.61 Å². The van der Waals surface area contributed by atoms with Gasteiger partial charge in [0.2, 0.25) is 5.79 Å². The zero-order valence-corrected chi connectivity index (χ0v) is 16.0. The molecule has 0 aliphatic carbocycles. The van der Waals surface area contributed by atoms with E-state index in [-0.39, 0.29) is 12.4 Å². The third-order valence-corrected chi connectivity index (χ3v) is 5.72. The fourth-order valence-electron chi connectivity index (χ4n) is 3.87. The van der Waals surface area contributed by atoms with Crippen molar-refractivity contribution in [2.24, 2.45) is 0 Å². The Labute approximate surface area is 149 Å². The lowest BCUT2D eigenvalue weighted by atomic mass is 10.0. The fraction of sp³-hybridized carbons (Fsp3) is 1.00. The van der Waals surface area contributed by atoms with E-state index in [0.717, 1.165) is 6.42 Å². The highest BCUT2D eigenvalue weighted by Crippen LogP contribution is 2.69. The zero-order valence-electron chi connectivity index (χ0n) is 16.0. The Morgan fingerprint density at radius 2 is 0.917 bits per heavy atom. The van der Waals surface area contributed by atoms with E-state index in [4.69, 9.17) is 14.6 Å². The lowest BCUT2D eigenvalue weighted by Gasteiger charge is -2.04. The van der Waals surface area contributed by atoms with E-state index in [2.05, 4.69) is 6.92 Å². The quantitative estimate of drug-likeness (QED) is 0.243. The molecule has 2 aliphatic rings. The maximum atomic E-state index is 9.06. The number of ether oxygens (including phenoxy) is 2. The number of rotatable bonds is 18. The Morgan fingerprint density at radius 3 is 1.25 bits per heavy atom. The topological polar surface area (TPSA) is 45.3 Å². The van der Waals surface area contributed by atoms with E-state index < -0.39 is 5.79 Å². The first-order valence-electron chi connectivity index (χ1n) is 10.8. The molecule has 0 spiro atoms. The third kappa shape index (κ3) is 6.31. The van der Waals surface area contributed by atoms with Crippen LogP contribution in [0.1, 0.15) is 116 Å². The van der Waals surface area contributed by atoms with Gasteiger partial charge in [-0.05, 0) is 6.42 Å². The average Bonchev–Trinajstić information content (AvgIpc) is 3.41. The van der Waals surface area contributed by atoms with Crippen LogP contribution in [0, 0.1) is 0 Å². The molecule has 0 amide bonds. The van der Waals surface area contributed by atoms with Crippen molar-refractivity contribution in [1.29, 1.82) is 0 Å². The van der Waals surface area contributed by atoms with Gasteiger partial charge < -0.3 is 14.6 Å². The monoisotopic (exact) mass is 340 g/mol. The van der Waals surface area contributed by atoms with Gasteiger partial charge in [-0.25, -0.2) is 0 Å². The van der Waals surface area contributed by atoms with Gasteiger partial charge in [-0.1, -0.05) is 103 Å². The molecule has 2 saturated heterocycles. The Balaban J connectivity index is 1.21. The second kappa shape index (κ2) is 10.8. The summed E-state index contributed by atoms with van der Waals surface area (Å²) < 4.78 is 10.8. The van der Waals surface area contributed by atoms with Gasteiger partial charge in [-0.3, -0.25) is 0 Å². The summed E-state index contributed by atoms with van der Waals surface area (Å²) >= 11 is 0. The van der Waals surface area contributed by atoms with E-state index in [1.54, 1.807) is 0 Å². The first-order valence-corrected chi connectivity index (χ1v) is 10.8. The molecule has 0 aromatic carbocycles. The normalized spacial score (nSPS) is 27.2. The predicted molar refractivity (Wildman–Crippen MR) is 98.9 cm³/mol. The standard InChI is InChI=1S/C21H40O3/c1-2-3-4-5-6-7-8-9-10-11-12-13-14-15-16-17-18-20-21(19-22,23-20)24-20/h22H,2-19H2,1H3. The molecule has 0 aromatic rings. The van der Waals surface area contributed by atoms with Crippen molar-refractivity contribution < 1.29 is 14.6 Å². The predicted octanol–water partition coefficient (Wildman–Crippen LogP) is 6.08. The van der Waals surface area contributed by atoms with Crippen molar-refractivity contribution in [3.05, 3.63) is 0 Å². The van der Waals surface area contributed by atoms with Crippen molar-refractivity contribution in [2.45, 2.75) is 128 Å². The maximum absolute atomic E-state index is 9.06. The number of unbranched alkanes of at least 4 members (excludes halogenated alkanes) is 15. The van der Waals surface area contributed by atoms with Crippen molar-refractivity contribution >= 4 is 0 Å². The number of aliphatic hydroxyl groups is 1. The summed E-state index contributed by atoms with van der Waals surface area (Å²) in [4.78, 5) is 0. The SMILES string of the molecule is CCCCCCCCCCCCCCCCCCC12OC1(CO)O2. The summed E-state index contributed by atoms with van der Waals surface area (Å²) in [6, 6.07) is 0. The van der Waals surface area contributed by atoms with Gasteiger partial charge in [0.1, 0.15) is 6.61 Å². The summed E-state index contributed by atoms with van der Waals surface area (Å²) in [5.41, 5.74) is 0. The Morgan fingerprint density at radius 1 is 0.542 bits per heavy atom. The summed E-state index contributed by atoms with van der Waals surface area (Å²) in [6.07, 6.45) is 23.3. The van der Waals surface area contributed by atoms with Crippen LogP contribution >= 0.6 is 0 Å². The molecule has 0 saturated carbocycles. The lowest BCUT2D eigenvalue weighted by molar-refractivity contribution is -0.114. The second-order valence-corrected chi connectivity index (χ2v) is 7.92. The van der Waals surface area contributed by atoms with E-state index >= 15 is 0 Å². The summed E-state index contributed by atoms with van der Waals surface area (Å²) in [5.74, 6) is -0.903. The molecule has 0 bridgehead atoms. The van der Waals surface area contributed by atoms with E-state index in [1.165, 1.54) is 103 Å². The number of aliphatic hydroxyl groups excluding tert-OH is 1. The first kappa shape index (κ1) is 20.2. The molecule has 0 atom stereocenters. The van der Waals surface area contributed by atoms with Crippen LogP contribution in [0.5, 0.6) is 0 Å². The smallest absolute Gasteiger partial charge is 0.253 e. The van der Waals surface area contributed by atoms with Crippen LogP contribution in [-0.2, 0) is 9.47 Å². The molecule has 0 aromatic heterocycles. The van der Waals surface area contributed by atoms with E-state index in [1.807, 2.05) is 0 Å².